The second kappa shape index (κ2) is 4.70. The molecule has 0 aliphatic carbocycles. The number of aromatic nitrogens is 3. The quantitative estimate of drug-likeness (QED) is 0.760. The van der Waals surface area contributed by atoms with E-state index in [1.807, 2.05) is 37.3 Å². The van der Waals surface area contributed by atoms with Gasteiger partial charge in [-0.1, -0.05) is 18.2 Å². The van der Waals surface area contributed by atoms with E-state index in [1.165, 1.54) is 0 Å². The molecule has 0 N–H and O–H groups in total. The SMILES string of the molecule is CCOCc1cnn(-c2ccccc2)n1. The van der Waals surface area contributed by atoms with Crippen LogP contribution < -0.4 is 0 Å². The second-order valence-corrected chi connectivity index (χ2v) is 3.10. The van der Waals surface area contributed by atoms with Gasteiger partial charge in [0.05, 0.1) is 18.5 Å². The van der Waals surface area contributed by atoms with E-state index in [0.717, 1.165) is 11.4 Å². The number of hydrogen-bond donors (Lipinski definition) is 0. The Hall–Kier alpha value is -1.68. The van der Waals surface area contributed by atoms with Crippen LogP contribution in [0.4, 0.5) is 0 Å². The average molecular weight is 203 g/mol. The third-order valence-electron chi connectivity index (χ3n) is 1.98. The molecule has 4 heteroatoms. The lowest BCUT2D eigenvalue weighted by Crippen LogP contribution is -1.99. The molecule has 15 heavy (non-hydrogen) atoms. The van der Waals surface area contributed by atoms with Crippen LogP contribution in [0, 0.1) is 0 Å². The van der Waals surface area contributed by atoms with E-state index in [-0.39, 0.29) is 0 Å². The van der Waals surface area contributed by atoms with Gasteiger partial charge in [0.2, 0.25) is 0 Å². The molecule has 1 heterocycles. The van der Waals surface area contributed by atoms with E-state index in [2.05, 4.69) is 10.2 Å². The summed E-state index contributed by atoms with van der Waals surface area (Å²) < 4.78 is 5.25. The third kappa shape index (κ3) is 2.41. The van der Waals surface area contributed by atoms with Gasteiger partial charge in [0.1, 0.15) is 5.69 Å². The van der Waals surface area contributed by atoms with Crippen molar-refractivity contribution in [2.45, 2.75) is 13.5 Å². The number of hydrogen-bond acceptors (Lipinski definition) is 3. The summed E-state index contributed by atoms with van der Waals surface area (Å²) in [6.45, 7) is 3.17. The predicted molar refractivity (Wildman–Crippen MR) is 56.7 cm³/mol. The molecular formula is C11H13N3O. The maximum Gasteiger partial charge on any atom is 0.109 e. The Labute approximate surface area is 88.5 Å². The van der Waals surface area contributed by atoms with Crippen LogP contribution in [0.5, 0.6) is 0 Å². The average Bonchev–Trinajstić information content (AvgIpc) is 2.76. The third-order valence-corrected chi connectivity index (χ3v) is 1.98. The first-order chi connectivity index (χ1) is 7.40. The Balaban J connectivity index is 2.14. The van der Waals surface area contributed by atoms with Crippen molar-refractivity contribution in [3.05, 3.63) is 42.2 Å². The zero-order chi connectivity index (χ0) is 10.5. The molecule has 2 rings (SSSR count). The van der Waals surface area contributed by atoms with Crippen LogP contribution in [-0.4, -0.2) is 21.6 Å². The minimum absolute atomic E-state index is 0.517. The predicted octanol–water partition coefficient (Wildman–Crippen LogP) is 1.80. The highest BCUT2D eigenvalue weighted by molar-refractivity contribution is 5.28. The van der Waals surface area contributed by atoms with Crippen molar-refractivity contribution in [2.24, 2.45) is 0 Å². The molecule has 0 aliphatic rings. The Bertz CT molecular complexity index is 411. The van der Waals surface area contributed by atoms with E-state index < -0.39 is 0 Å². The maximum atomic E-state index is 5.25. The molecule has 0 saturated heterocycles. The number of nitrogens with zero attached hydrogens (tertiary/aromatic N) is 3. The van der Waals surface area contributed by atoms with Gasteiger partial charge in [0.15, 0.2) is 0 Å². The van der Waals surface area contributed by atoms with E-state index in [9.17, 15) is 0 Å². The molecule has 0 fully saturated rings. The van der Waals surface area contributed by atoms with Crippen LogP contribution in [-0.2, 0) is 11.3 Å². The molecule has 2 aromatic rings. The van der Waals surface area contributed by atoms with Crippen LogP contribution in [0.25, 0.3) is 5.69 Å². The molecule has 0 amide bonds. The van der Waals surface area contributed by atoms with Gasteiger partial charge in [-0.15, -0.1) is 0 Å². The van der Waals surface area contributed by atoms with Gasteiger partial charge >= 0.3 is 0 Å². The van der Waals surface area contributed by atoms with Crippen molar-refractivity contribution < 1.29 is 4.74 Å². The number of rotatable bonds is 4. The highest BCUT2D eigenvalue weighted by atomic mass is 16.5. The number of para-hydroxylation sites is 1. The summed E-state index contributed by atoms with van der Waals surface area (Å²) in [6, 6.07) is 9.81. The first-order valence-electron chi connectivity index (χ1n) is 4.94. The van der Waals surface area contributed by atoms with Gasteiger partial charge in [0, 0.05) is 6.61 Å². The van der Waals surface area contributed by atoms with Gasteiger partial charge in [0.25, 0.3) is 0 Å². The Kier molecular flexibility index (Phi) is 3.09. The van der Waals surface area contributed by atoms with Crippen molar-refractivity contribution >= 4 is 0 Å². The van der Waals surface area contributed by atoms with E-state index in [1.54, 1.807) is 11.0 Å². The summed E-state index contributed by atoms with van der Waals surface area (Å²) >= 11 is 0. The molecule has 78 valence electrons. The first-order valence-corrected chi connectivity index (χ1v) is 4.94. The van der Waals surface area contributed by atoms with E-state index >= 15 is 0 Å². The van der Waals surface area contributed by atoms with Crippen molar-refractivity contribution in [1.29, 1.82) is 0 Å². The minimum atomic E-state index is 0.517. The molecule has 4 nitrogen and oxygen atoms in total. The summed E-state index contributed by atoms with van der Waals surface area (Å²) in [6.07, 6.45) is 1.72. The van der Waals surface area contributed by atoms with Gasteiger partial charge in [-0.3, -0.25) is 0 Å². The van der Waals surface area contributed by atoms with Gasteiger partial charge < -0.3 is 4.74 Å². The van der Waals surface area contributed by atoms with Crippen LogP contribution in [0.2, 0.25) is 0 Å². The smallest absolute Gasteiger partial charge is 0.109 e. The van der Waals surface area contributed by atoms with Gasteiger partial charge in [-0.2, -0.15) is 15.0 Å². The molecule has 0 atom stereocenters. The lowest BCUT2D eigenvalue weighted by molar-refractivity contribution is 0.131. The molecule has 1 aromatic heterocycles. The molecule has 0 bridgehead atoms. The summed E-state index contributed by atoms with van der Waals surface area (Å²) in [4.78, 5) is 1.61. The van der Waals surface area contributed by atoms with Crippen molar-refractivity contribution in [1.82, 2.24) is 15.0 Å². The van der Waals surface area contributed by atoms with Crippen LogP contribution in [0.1, 0.15) is 12.6 Å². The number of ether oxygens (including phenoxy) is 1. The summed E-state index contributed by atoms with van der Waals surface area (Å²) in [5.41, 5.74) is 1.81. The fourth-order valence-corrected chi connectivity index (χ4v) is 1.25. The minimum Gasteiger partial charge on any atom is -0.375 e. The van der Waals surface area contributed by atoms with Crippen molar-refractivity contribution in [3.8, 4) is 5.69 Å². The summed E-state index contributed by atoms with van der Waals surface area (Å²) in [5.74, 6) is 0. The topological polar surface area (TPSA) is 39.9 Å². The first kappa shape index (κ1) is 9.86. The lowest BCUT2D eigenvalue weighted by atomic mass is 10.3. The highest BCUT2D eigenvalue weighted by Crippen LogP contribution is 2.04. The van der Waals surface area contributed by atoms with Crippen LogP contribution in [0.3, 0.4) is 0 Å². The second-order valence-electron chi connectivity index (χ2n) is 3.10. The zero-order valence-electron chi connectivity index (χ0n) is 8.63. The zero-order valence-corrected chi connectivity index (χ0v) is 8.63. The summed E-state index contributed by atoms with van der Waals surface area (Å²) in [5, 5.41) is 8.46. The normalized spacial score (nSPS) is 10.5. The lowest BCUT2D eigenvalue weighted by Gasteiger charge is -1.97. The maximum absolute atomic E-state index is 5.25. The monoisotopic (exact) mass is 203 g/mol. The highest BCUT2D eigenvalue weighted by Gasteiger charge is 2.01. The Morgan fingerprint density at radius 2 is 2.07 bits per heavy atom. The largest absolute Gasteiger partial charge is 0.375 e. The van der Waals surface area contributed by atoms with Crippen LogP contribution >= 0.6 is 0 Å². The molecule has 0 spiro atoms. The van der Waals surface area contributed by atoms with Gasteiger partial charge in [-0.05, 0) is 19.1 Å². The standard InChI is InChI=1S/C11H13N3O/c1-2-15-9-10-8-12-14(13-10)11-6-4-3-5-7-11/h3-8H,2,9H2,1H3. The molecule has 0 unspecified atom stereocenters. The van der Waals surface area contributed by atoms with Crippen molar-refractivity contribution in [3.63, 3.8) is 0 Å². The molecule has 0 aliphatic heterocycles. The van der Waals surface area contributed by atoms with E-state index in [4.69, 9.17) is 4.74 Å². The Morgan fingerprint density at radius 3 is 2.80 bits per heavy atom. The number of benzene rings is 1. The Morgan fingerprint density at radius 1 is 1.27 bits per heavy atom. The summed E-state index contributed by atoms with van der Waals surface area (Å²) in [7, 11) is 0. The molecule has 0 saturated carbocycles. The van der Waals surface area contributed by atoms with E-state index in [0.29, 0.717) is 13.2 Å². The van der Waals surface area contributed by atoms with Gasteiger partial charge in [-0.25, -0.2) is 0 Å². The molecule has 0 radical (unpaired) electrons. The fraction of sp³-hybridized carbons (Fsp3) is 0.273. The molecule has 1 aromatic carbocycles. The molecular weight excluding hydrogens is 190 g/mol. The van der Waals surface area contributed by atoms with Crippen LogP contribution in [0.15, 0.2) is 36.5 Å². The fourth-order valence-electron chi connectivity index (χ4n) is 1.25. The van der Waals surface area contributed by atoms with Crippen molar-refractivity contribution in [2.75, 3.05) is 6.61 Å².